The molecule has 0 bridgehead atoms. The van der Waals surface area contributed by atoms with Crippen LogP contribution in [0.3, 0.4) is 0 Å². The van der Waals surface area contributed by atoms with Crippen molar-refractivity contribution in [1.29, 1.82) is 0 Å². The molecule has 0 atom stereocenters. The fraction of sp³-hybridized carbons (Fsp3) is 0.286. The van der Waals surface area contributed by atoms with E-state index in [1.165, 1.54) is 27.5 Å². The Hall–Kier alpha value is -3.55. The van der Waals surface area contributed by atoms with E-state index in [1.807, 2.05) is 25.1 Å². The predicted octanol–water partition coefficient (Wildman–Crippen LogP) is 2.89. The summed E-state index contributed by atoms with van der Waals surface area (Å²) in [6.07, 6.45) is 1.53. The number of aryl methyl sites for hydroxylation is 1. The summed E-state index contributed by atoms with van der Waals surface area (Å²) in [7, 11) is 4.55. The quantitative estimate of drug-likeness (QED) is 0.499. The highest BCUT2D eigenvalue weighted by Crippen LogP contribution is 2.37. The average Bonchev–Trinajstić information content (AvgIpc) is 2.71. The van der Waals surface area contributed by atoms with Gasteiger partial charge in [-0.3, -0.25) is 9.59 Å². The fourth-order valence-corrected chi connectivity index (χ4v) is 2.58. The highest BCUT2D eigenvalue weighted by molar-refractivity contribution is 5.93. The van der Waals surface area contributed by atoms with Gasteiger partial charge in [-0.25, -0.2) is 5.43 Å². The van der Waals surface area contributed by atoms with E-state index in [2.05, 4.69) is 15.8 Å². The van der Waals surface area contributed by atoms with Gasteiger partial charge in [0.1, 0.15) is 0 Å². The largest absolute Gasteiger partial charge is 0.493 e. The minimum Gasteiger partial charge on any atom is -0.493 e. The Kier molecular flexibility index (Phi) is 8.02. The van der Waals surface area contributed by atoms with Gasteiger partial charge in [-0.1, -0.05) is 12.1 Å². The van der Waals surface area contributed by atoms with E-state index >= 15 is 0 Å². The first-order valence-electron chi connectivity index (χ1n) is 8.95. The van der Waals surface area contributed by atoms with Crippen LogP contribution in [-0.2, 0) is 9.59 Å². The number of benzene rings is 2. The van der Waals surface area contributed by atoms with Crippen molar-refractivity contribution in [3.8, 4) is 17.2 Å². The molecule has 2 amide bonds. The average molecular weight is 399 g/mol. The van der Waals surface area contributed by atoms with Crippen LogP contribution in [0.15, 0.2) is 41.5 Å². The van der Waals surface area contributed by atoms with Crippen LogP contribution in [0.2, 0.25) is 0 Å². The van der Waals surface area contributed by atoms with Gasteiger partial charge in [0, 0.05) is 24.1 Å². The summed E-state index contributed by atoms with van der Waals surface area (Å²) < 4.78 is 15.8. The Morgan fingerprint density at radius 2 is 1.62 bits per heavy atom. The molecule has 0 aromatic heterocycles. The molecule has 8 nitrogen and oxygen atoms in total. The van der Waals surface area contributed by atoms with Crippen molar-refractivity contribution in [3.05, 3.63) is 47.5 Å². The molecule has 0 spiro atoms. The Balaban J connectivity index is 1.87. The minimum atomic E-state index is -0.368. The smallest absolute Gasteiger partial charge is 0.240 e. The number of hydrogen-bond acceptors (Lipinski definition) is 6. The van der Waals surface area contributed by atoms with Gasteiger partial charge in [-0.15, -0.1) is 0 Å². The molecule has 0 aliphatic carbocycles. The summed E-state index contributed by atoms with van der Waals surface area (Å²) in [5, 5.41) is 6.67. The van der Waals surface area contributed by atoms with E-state index in [0.29, 0.717) is 28.5 Å². The predicted molar refractivity (Wildman–Crippen MR) is 111 cm³/mol. The molecule has 29 heavy (non-hydrogen) atoms. The topological polar surface area (TPSA) is 98.2 Å². The summed E-state index contributed by atoms with van der Waals surface area (Å²) >= 11 is 0. The molecule has 0 unspecified atom stereocenters. The molecule has 0 radical (unpaired) electrons. The normalized spacial score (nSPS) is 10.5. The number of hydrazone groups is 1. The molecule has 0 heterocycles. The van der Waals surface area contributed by atoms with Crippen molar-refractivity contribution in [1.82, 2.24) is 5.43 Å². The van der Waals surface area contributed by atoms with Gasteiger partial charge in [0.05, 0.1) is 27.5 Å². The van der Waals surface area contributed by atoms with Crippen molar-refractivity contribution in [2.45, 2.75) is 19.8 Å². The minimum absolute atomic E-state index is 0.0181. The van der Waals surface area contributed by atoms with Gasteiger partial charge in [-0.2, -0.15) is 5.10 Å². The third-order valence-electron chi connectivity index (χ3n) is 3.97. The first-order valence-corrected chi connectivity index (χ1v) is 8.95. The summed E-state index contributed by atoms with van der Waals surface area (Å²) in [5.41, 5.74) is 4.80. The van der Waals surface area contributed by atoms with Gasteiger partial charge in [0.25, 0.3) is 0 Å². The van der Waals surface area contributed by atoms with Crippen LogP contribution in [0.25, 0.3) is 0 Å². The number of hydrogen-bond donors (Lipinski definition) is 2. The second-order valence-electron chi connectivity index (χ2n) is 6.17. The Morgan fingerprint density at radius 1 is 0.966 bits per heavy atom. The van der Waals surface area contributed by atoms with Crippen LogP contribution in [0.4, 0.5) is 5.69 Å². The molecule has 0 saturated heterocycles. The number of rotatable bonds is 9. The van der Waals surface area contributed by atoms with Crippen LogP contribution in [0, 0.1) is 6.92 Å². The zero-order chi connectivity index (χ0) is 21.2. The molecule has 0 fully saturated rings. The highest BCUT2D eigenvalue weighted by atomic mass is 16.5. The molecule has 0 aliphatic heterocycles. The molecule has 2 aromatic carbocycles. The number of ether oxygens (including phenoxy) is 3. The lowest BCUT2D eigenvalue weighted by Gasteiger charge is -2.12. The molecule has 2 rings (SSSR count). The number of anilines is 1. The molecule has 2 aromatic rings. The van der Waals surface area contributed by atoms with E-state index in [-0.39, 0.29) is 24.7 Å². The van der Waals surface area contributed by atoms with E-state index in [0.717, 1.165) is 5.56 Å². The Bertz CT molecular complexity index is 871. The second kappa shape index (κ2) is 10.7. The number of nitrogens with zero attached hydrogens (tertiary/aromatic N) is 1. The van der Waals surface area contributed by atoms with Crippen molar-refractivity contribution in [2.75, 3.05) is 26.6 Å². The van der Waals surface area contributed by atoms with Crippen molar-refractivity contribution < 1.29 is 23.8 Å². The molecule has 2 N–H and O–H groups in total. The third-order valence-corrected chi connectivity index (χ3v) is 3.97. The zero-order valence-electron chi connectivity index (χ0n) is 16.9. The zero-order valence-corrected chi connectivity index (χ0v) is 16.9. The van der Waals surface area contributed by atoms with Crippen LogP contribution >= 0.6 is 0 Å². The van der Waals surface area contributed by atoms with Crippen molar-refractivity contribution in [2.24, 2.45) is 5.10 Å². The standard InChI is InChI=1S/C21H25N3O5/c1-14-6-5-7-16(10-14)23-19(25)8-9-20(26)24-22-13-15-11-17(27-2)21(29-4)18(12-15)28-3/h5-7,10-13H,8-9H2,1-4H3,(H,23,25)(H,24,26)/b22-13-. The third kappa shape index (κ3) is 6.53. The van der Waals surface area contributed by atoms with Gasteiger partial charge in [0.2, 0.25) is 17.6 Å². The Morgan fingerprint density at radius 3 is 2.21 bits per heavy atom. The van der Waals surface area contributed by atoms with E-state index in [4.69, 9.17) is 14.2 Å². The first kappa shape index (κ1) is 21.7. The molecule has 0 saturated carbocycles. The van der Waals surface area contributed by atoms with Gasteiger partial charge in [0.15, 0.2) is 11.5 Å². The summed E-state index contributed by atoms with van der Waals surface area (Å²) in [4.78, 5) is 23.9. The van der Waals surface area contributed by atoms with Crippen molar-refractivity contribution >= 4 is 23.7 Å². The number of nitrogens with one attached hydrogen (secondary N) is 2. The molecular formula is C21H25N3O5. The van der Waals surface area contributed by atoms with E-state index in [9.17, 15) is 9.59 Å². The lowest BCUT2D eigenvalue weighted by Crippen LogP contribution is -2.20. The van der Waals surface area contributed by atoms with E-state index in [1.54, 1.807) is 18.2 Å². The lowest BCUT2D eigenvalue weighted by molar-refractivity contribution is -0.124. The molecule has 154 valence electrons. The second-order valence-corrected chi connectivity index (χ2v) is 6.17. The van der Waals surface area contributed by atoms with Gasteiger partial charge < -0.3 is 19.5 Å². The number of carbonyl (C=O) groups excluding carboxylic acids is 2. The monoisotopic (exact) mass is 399 g/mol. The van der Waals surface area contributed by atoms with Crippen molar-refractivity contribution in [3.63, 3.8) is 0 Å². The molecular weight excluding hydrogens is 374 g/mol. The maximum atomic E-state index is 12.0. The summed E-state index contributed by atoms with van der Waals surface area (Å²) in [5.74, 6) is 0.822. The fourth-order valence-electron chi connectivity index (χ4n) is 2.58. The van der Waals surface area contributed by atoms with Crippen LogP contribution in [-0.4, -0.2) is 39.4 Å². The van der Waals surface area contributed by atoms with Crippen LogP contribution < -0.4 is 25.0 Å². The number of amides is 2. The van der Waals surface area contributed by atoms with Crippen LogP contribution in [0.5, 0.6) is 17.2 Å². The first-order chi connectivity index (χ1) is 14.0. The summed E-state index contributed by atoms with van der Waals surface area (Å²) in [6.45, 7) is 1.94. The van der Waals surface area contributed by atoms with Gasteiger partial charge in [-0.05, 0) is 36.8 Å². The summed E-state index contributed by atoms with van der Waals surface area (Å²) in [6, 6.07) is 10.9. The molecule has 0 aliphatic rings. The maximum Gasteiger partial charge on any atom is 0.240 e. The SMILES string of the molecule is COc1cc(/C=N\NC(=O)CCC(=O)Nc2cccc(C)c2)cc(OC)c1OC. The number of carbonyl (C=O) groups is 2. The highest BCUT2D eigenvalue weighted by Gasteiger charge is 2.12. The Labute approximate surface area is 169 Å². The maximum absolute atomic E-state index is 12.0. The lowest BCUT2D eigenvalue weighted by atomic mass is 10.2. The van der Waals surface area contributed by atoms with Gasteiger partial charge >= 0.3 is 0 Å². The number of methoxy groups -OCH3 is 3. The van der Waals surface area contributed by atoms with Crippen LogP contribution in [0.1, 0.15) is 24.0 Å². The molecule has 8 heteroatoms. The van der Waals surface area contributed by atoms with E-state index < -0.39 is 0 Å².